The average Bonchev–Trinajstić information content (AvgIpc) is 2.89. The highest BCUT2D eigenvalue weighted by molar-refractivity contribution is 8.00. The van der Waals surface area contributed by atoms with Gasteiger partial charge < -0.3 is 0 Å². The summed E-state index contributed by atoms with van der Waals surface area (Å²) in [5.74, 6) is -0.431. The third kappa shape index (κ3) is 5.32. The molecule has 0 spiro atoms. The first-order valence-electron chi connectivity index (χ1n) is 6.40. The van der Waals surface area contributed by atoms with Gasteiger partial charge in [0.05, 0.1) is 17.2 Å². The minimum absolute atomic E-state index is 0.149. The molecule has 8 heteroatoms. The molecule has 0 aliphatic carbocycles. The summed E-state index contributed by atoms with van der Waals surface area (Å²) in [6.45, 7) is 1.87. The highest BCUT2D eigenvalue weighted by Gasteiger charge is 2.09. The summed E-state index contributed by atoms with van der Waals surface area (Å²) in [7, 11) is 0. The van der Waals surface area contributed by atoms with Crippen LogP contribution in [-0.2, 0) is 16.0 Å². The van der Waals surface area contributed by atoms with Crippen molar-refractivity contribution in [3.8, 4) is 0 Å². The van der Waals surface area contributed by atoms with Crippen LogP contribution in [0, 0.1) is 6.92 Å². The van der Waals surface area contributed by atoms with Crippen LogP contribution in [-0.4, -0.2) is 22.6 Å². The molecule has 1 aromatic carbocycles. The lowest BCUT2D eigenvalue weighted by Crippen LogP contribution is -2.43. The second-order valence-electron chi connectivity index (χ2n) is 4.37. The molecule has 116 valence electrons. The Kier molecular flexibility index (Phi) is 6.23. The van der Waals surface area contributed by atoms with Crippen LogP contribution in [0.5, 0.6) is 0 Å². The van der Waals surface area contributed by atoms with Gasteiger partial charge in [0, 0.05) is 16.0 Å². The molecule has 0 aliphatic heterocycles. The van der Waals surface area contributed by atoms with E-state index in [1.807, 2.05) is 30.5 Å². The first kappa shape index (κ1) is 16.8. The number of benzene rings is 1. The van der Waals surface area contributed by atoms with Gasteiger partial charge in [0.15, 0.2) is 0 Å². The number of thiazole rings is 1. The third-order valence-corrected chi connectivity index (χ3v) is 5.00. The molecule has 0 atom stereocenters. The van der Waals surface area contributed by atoms with E-state index in [1.165, 1.54) is 23.1 Å². The number of hydrazine groups is 1. The molecular weight excluding hydrogens is 342 g/mol. The smallest absolute Gasteiger partial charge is 0.248 e. The molecule has 2 amide bonds. The highest BCUT2D eigenvalue weighted by atomic mass is 35.5. The molecule has 0 radical (unpaired) electrons. The van der Waals surface area contributed by atoms with E-state index in [4.69, 9.17) is 11.6 Å². The van der Waals surface area contributed by atoms with E-state index in [9.17, 15) is 9.59 Å². The van der Waals surface area contributed by atoms with Crippen LogP contribution in [0.15, 0.2) is 34.5 Å². The molecule has 0 unspecified atom stereocenters. The second kappa shape index (κ2) is 8.17. The van der Waals surface area contributed by atoms with Gasteiger partial charge in [-0.3, -0.25) is 20.4 Å². The van der Waals surface area contributed by atoms with Crippen molar-refractivity contribution < 1.29 is 9.59 Å². The molecule has 0 saturated heterocycles. The lowest BCUT2D eigenvalue weighted by atomic mass is 10.4. The maximum Gasteiger partial charge on any atom is 0.248 e. The Bertz CT molecular complexity index is 676. The monoisotopic (exact) mass is 355 g/mol. The number of amides is 2. The number of rotatable bonds is 5. The van der Waals surface area contributed by atoms with Gasteiger partial charge in [-0.2, -0.15) is 0 Å². The van der Waals surface area contributed by atoms with Crippen LogP contribution in [0.2, 0.25) is 5.02 Å². The molecular formula is C14H14ClN3O2S2. The van der Waals surface area contributed by atoms with Gasteiger partial charge in [0.2, 0.25) is 11.8 Å². The van der Waals surface area contributed by atoms with Crippen molar-refractivity contribution in [1.29, 1.82) is 0 Å². The van der Waals surface area contributed by atoms with E-state index in [-0.39, 0.29) is 24.0 Å². The Balaban J connectivity index is 1.71. The summed E-state index contributed by atoms with van der Waals surface area (Å²) in [5.41, 5.74) is 5.63. The fraction of sp³-hybridized carbons (Fsp3) is 0.214. The number of carbonyl (C=O) groups excluding carboxylic acids is 2. The van der Waals surface area contributed by atoms with Crippen molar-refractivity contribution in [3.63, 3.8) is 0 Å². The normalized spacial score (nSPS) is 10.3. The summed E-state index contributed by atoms with van der Waals surface area (Å²) in [4.78, 5) is 28.4. The molecule has 2 aromatic rings. The predicted molar refractivity (Wildman–Crippen MR) is 89.0 cm³/mol. The van der Waals surface area contributed by atoms with Crippen LogP contribution in [0.1, 0.15) is 10.7 Å². The Labute approximate surface area is 141 Å². The van der Waals surface area contributed by atoms with Crippen LogP contribution in [0.4, 0.5) is 0 Å². The topological polar surface area (TPSA) is 71.1 Å². The molecule has 5 nitrogen and oxygen atoms in total. The number of aryl methyl sites for hydroxylation is 1. The molecule has 2 N–H and O–H groups in total. The maximum atomic E-state index is 11.7. The number of nitrogens with one attached hydrogen (secondary N) is 2. The van der Waals surface area contributed by atoms with E-state index < -0.39 is 0 Å². The standard InChI is InChI=1S/C14H14ClN3O2S2/c1-9-7-22-14(16-9)6-12(19)17-18-13(20)8-21-11-5-3-2-4-10(11)15/h2-5,7H,6,8H2,1H3,(H,17,19)(H,18,20). The number of thioether (sulfide) groups is 1. The molecule has 0 saturated carbocycles. The number of hydrogen-bond acceptors (Lipinski definition) is 5. The van der Waals surface area contributed by atoms with Crippen molar-refractivity contribution in [2.24, 2.45) is 0 Å². The molecule has 0 aliphatic rings. The van der Waals surface area contributed by atoms with E-state index in [0.717, 1.165) is 15.6 Å². The second-order valence-corrected chi connectivity index (χ2v) is 6.74. The van der Waals surface area contributed by atoms with Crippen molar-refractivity contribution in [2.45, 2.75) is 18.2 Å². The lowest BCUT2D eigenvalue weighted by Gasteiger charge is -2.07. The SMILES string of the molecule is Cc1csc(CC(=O)NNC(=O)CSc2ccccc2Cl)n1. The van der Waals surface area contributed by atoms with Gasteiger partial charge in [-0.25, -0.2) is 4.98 Å². The van der Waals surface area contributed by atoms with Gasteiger partial charge in [-0.15, -0.1) is 23.1 Å². The maximum absolute atomic E-state index is 11.7. The van der Waals surface area contributed by atoms with Gasteiger partial charge in [-0.1, -0.05) is 23.7 Å². The van der Waals surface area contributed by atoms with Crippen LogP contribution >= 0.6 is 34.7 Å². The van der Waals surface area contributed by atoms with E-state index >= 15 is 0 Å². The Morgan fingerprint density at radius 3 is 2.68 bits per heavy atom. The fourth-order valence-corrected chi connectivity index (χ4v) is 3.36. The zero-order valence-corrected chi connectivity index (χ0v) is 14.1. The minimum Gasteiger partial charge on any atom is -0.273 e. The fourth-order valence-electron chi connectivity index (χ4n) is 1.55. The van der Waals surface area contributed by atoms with Crippen LogP contribution in [0.25, 0.3) is 0 Å². The van der Waals surface area contributed by atoms with Gasteiger partial charge in [0.25, 0.3) is 0 Å². The van der Waals surface area contributed by atoms with E-state index in [1.54, 1.807) is 6.07 Å². The zero-order valence-electron chi connectivity index (χ0n) is 11.8. The number of hydrogen-bond donors (Lipinski definition) is 2. The zero-order chi connectivity index (χ0) is 15.9. The van der Waals surface area contributed by atoms with Gasteiger partial charge in [-0.05, 0) is 19.1 Å². The summed E-state index contributed by atoms with van der Waals surface area (Å²) in [6.07, 6.45) is 0.149. The largest absolute Gasteiger partial charge is 0.273 e. The predicted octanol–water partition coefficient (Wildman–Crippen LogP) is 2.59. The minimum atomic E-state index is -0.301. The molecule has 1 aromatic heterocycles. The molecule has 2 rings (SSSR count). The first-order chi connectivity index (χ1) is 10.5. The van der Waals surface area contributed by atoms with E-state index in [0.29, 0.717) is 5.02 Å². The first-order valence-corrected chi connectivity index (χ1v) is 8.65. The van der Waals surface area contributed by atoms with Crippen molar-refractivity contribution in [2.75, 3.05) is 5.75 Å². The average molecular weight is 356 g/mol. The molecule has 22 heavy (non-hydrogen) atoms. The van der Waals surface area contributed by atoms with Gasteiger partial charge in [0.1, 0.15) is 5.01 Å². The molecule has 0 bridgehead atoms. The summed E-state index contributed by atoms with van der Waals surface area (Å²) in [6, 6.07) is 7.28. The summed E-state index contributed by atoms with van der Waals surface area (Å²) < 4.78 is 0. The molecule has 0 fully saturated rings. The van der Waals surface area contributed by atoms with Gasteiger partial charge >= 0.3 is 0 Å². The number of nitrogens with zero attached hydrogens (tertiary/aromatic N) is 1. The van der Waals surface area contributed by atoms with Crippen LogP contribution in [0.3, 0.4) is 0 Å². The quantitative estimate of drug-likeness (QED) is 0.638. The van der Waals surface area contributed by atoms with E-state index in [2.05, 4.69) is 15.8 Å². The van der Waals surface area contributed by atoms with Crippen molar-refractivity contribution >= 4 is 46.5 Å². The summed E-state index contributed by atoms with van der Waals surface area (Å²) in [5, 5.41) is 3.19. The lowest BCUT2D eigenvalue weighted by molar-refractivity contribution is -0.127. The van der Waals surface area contributed by atoms with Crippen molar-refractivity contribution in [3.05, 3.63) is 45.4 Å². The molecule has 1 heterocycles. The summed E-state index contributed by atoms with van der Waals surface area (Å²) >= 11 is 8.73. The van der Waals surface area contributed by atoms with Crippen LogP contribution < -0.4 is 10.9 Å². The number of aromatic nitrogens is 1. The third-order valence-electron chi connectivity index (χ3n) is 2.52. The Morgan fingerprint density at radius 2 is 2.00 bits per heavy atom. The number of carbonyl (C=O) groups is 2. The Hall–Kier alpha value is -1.57. The number of halogens is 1. The highest BCUT2D eigenvalue weighted by Crippen LogP contribution is 2.26. The Morgan fingerprint density at radius 1 is 1.27 bits per heavy atom. The van der Waals surface area contributed by atoms with Crippen molar-refractivity contribution in [1.82, 2.24) is 15.8 Å².